The fraction of sp³-hybridized carbons (Fsp3) is 0.389. The van der Waals surface area contributed by atoms with E-state index in [2.05, 4.69) is 15.5 Å². The molecule has 1 aromatic heterocycles. The van der Waals surface area contributed by atoms with Crippen LogP contribution in [0.3, 0.4) is 0 Å². The van der Waals surface area contributed by atoms with E-state index in [1.54, 1.807) is 17.2 Å². The Balaban J connectivity index is 1.84. The minimum absolute atomic E-state index is 0.0375. The Morgan fingerprint density at radius 2 is 2.12 bits per heavy atom. The maximum Gasteiger partial charge on any atom is 0.252 e. The highest BCUT2D eigenvalue weighted by Crippen LogP contribution is 2.32. The van der Waals surface area contributed by atoms with E-state index < -0.39 is 12.1 Å². The average molecular weight is 342 g/mol. The molecule has 7 nitrogen and oxygen atoms in total. The molecule has 1 aliphatic heterocycles. The first-order chi connectivity index (χ1) is 12.1. The molecule has 0 radical (unpaired) electrons. The van der Waals surface area contributed by atoms with Crippen LogP contribution >= 0.6 is 0 Å². The smallest absolute Gasteiger partial charge is 0.252 e. The van der Waals surface area contributed by atoms with Gasteiger partial charge in [0.1, 0.15) is 6.61 Å². The molecule has 0 bridgehead atoms. The second-order valence-corrected chi connectivity index (χ2v) is 6.28. The number of nitrogens with zero attached hydrogens (tertiary/aromatic N) is 2. The third-order valence-electron chi connectivity index (χ3n) is 4.23. The van der Waals surface area contributed by atoms with E-state index in [1.165, 1.54) is 0 Å². The van der Waals surface area contributed by atoms with E-state index in [9.17, 15) is 9.59 Å². The Morgan fingerprint density at radius 3 is 2.76 bits per heavy atom. The van der Waals surface area contributed by atoms with Crippen LogP contribution in [0.2, 0.25) is 0 Å². The Hall–Kier alpha value is -2.67. The fourth-order valence-corrected chi connectivity index (χ4v) is 3.11. The molecule has 1 fully saturated rings. The van der Waals surface area contributed by atoms with Gasteiger partial charge in [-0.15, -0.1) is 0 Å². The predicted octanol–water partition coefficient (Wildman–Crippen LogP) is 1.40. The molecule has 2 atom stereocenters. The molecule has 2 aromatic rings. The molecule has 2 amide bonds. The van der Waals surface area contributed by atoms with Gasteiger partial charge in [-0.1, -0.05) is 30.3 Å². The molecule has 1 aliphatic rings. The Morgan fingerprint density at radius 1 is 1.36 bits per heavy atom. The lowest BCUT2D eigenvalue weighted by Gasteiger charge is -2.42. The lowest BCUT2D eigenvalue weighted by Crippen LogP contribution is -2.56. The van der Waals surface area contributed by atoms with Crippen molar-refractivity contribution in [2.45, 2.75) is 38.6 Å². The molecule has 0 saturated carbocycles. The van der Waals surface area contributed by atoms with Crippen molar-refractivity contribution >= 4 is 11.8 Å². The molecule has 2 N–H and O–H groups in total. The number of ether oxygens (including phenoxy) is 1. The van der Waals surface area contributed by atoms with Crippen molar-refractivity contribution in [1.29, 1.82) is 0 Å². The Bertz CT molecular complexity index is 715. The quantitative estimate of drug-likeness (QED) is 0.860. The lowest BCUT2D eigenvalue weighted by atomic mass is 9.96. The summed E-state index contributed by atoms with van der Waals surface area (Å²) in [5.74, 6) is -0.358. The van der Waals surface area contributed by atoms with Crippen LogP contribution < -0.4 is 5.32 Å². The number of aromatic nitrogens is 2. The number of morpholine rings is 1. The number of rotatable bonds is 5. The summed E-state index contributed by atoms with van der Waals surface area (Å²) >= 11 is 0. The summed E-state index contributed by atoms with van der Waals surface area (Å²) in [7, 11) is 0. The number of hydrogen-bond donors (Lipinski definition) is 2. The molecule has 7 heteroatoms. The van der Waals surface area contributed by atoms with Gasteiger partial charge in [0.25, 0.3) is 5.91 Å². The van der Waals surface area contributed by atoms with E-state index in [-0.39, 0.29) is 24.5 Å². The monoisotopic (exact) mass is 342 g/mol. The van der Waals surface area contributed by atoms with Crippen molar-refractivity contribution < 1.29 is 14.3 Å². The number of amides is 2. The summed E-state index contributed by atoms with van der Waals surface area (Å²) in [4.78, 5) is 26.9. The second kappa shape index (κ2) is 7.48. The van der Waals surface area contributed by atoms with Gasteiger partial charge in [-0.2, -0.15) is 5.10 Å². The van der Waals surface area contributed by atoms with E-state index in [0.717, 1.165) is 11.3 Å². The molecular weight excluding hydrogens is 320 g/mol. The van der Waals surface area contributed by atoms with Gasteiger partial charge in [0.05, 0.1) is 18.3 Å². The maximum absolute atomic E-state index is 12.7. The number of benzene rings is 1. The van der Waals surface area contributed by atoms with Gasteiger partial charge < -0.3 is 15.0 Å². The minimum Gasteiger partial charge on any atom is -0.356 e. The highest BCUT2D eigenvalue weighted by Gasteiger charge is 2.42. The van der Waals surface area contributed by atoms with Crippen LogP contribution in [-0.2, 0) is 20.9 Å². The summed E-state index contributed by atoms with van der Waals surface area (Å²) in [6, 6.07) is 10.8. The number of nitrogens with one attached hydrogen (secondary N) is 2. The van der Waals surface area contributed by atoms with Gasteiger partial charge in [0, 0.05) is 12.2 Å². The topological polar surface area (TPSA) is 87.3 Å². The zero-order chi connectivity index (χ0) is 17.8. The summed E-state index contributed by atoms with van der Waals surface area (Å²) in [5, 5.41) is 9.52. The first-order valence-corrected chi connectivity index (χ1v) is 8.31. The van der Waals surface area contributed by atoms with Crippen molar-refractivity contribution in [3.05, 3.63) is 53.9 Å². The molecule has 0 aliphatic carbocycles. The van der Waals surface area contributed by atoms with Gasteiger partial charge in [0.15, 0.2) is 6.10 Å². The summed E-state index contributed by atoms with van der Waals surface area (Å²) in [6.45, 7) is 4.12. The first kappa shape index (κ1) is 17.2. The maximum atomic E-state index is 12.7. The Labute approximate surface area is 146 Å². The molecule has 2 heterocycles. The Kier molecular flexibility index (Phi) is 5.14. The van der Waals surface area contributed by atoms with Crippen molar-refractivity contribution in [1.82, 2.24) is 20.4 Å². The molecular formula is C18H22N4O3. The molecule has 0 spiro atoms. The van der Waals surface area contributed by atoms with Crippen LogP contribution in [0, 0.1) is 0 Å². The normalized spacial score (nSPS) is 20.8. The van der Waals surface area contributed by atoms with E-state index >= 15 is 0 Å². The van der Waals surface area contributed by atoms with Gasteiger partial charge >= 0.3 is 0 Å². The number of H-pyrrole nitrogens is 1. The third kappa shape index (κ3) is 3.71. The van der Waals surface area contributed by atoms with Crippen LogP contribution in [0.5, 0.6) is 0 Å². The second-order valence-electron chi connectivity index (χ2n) is 6.28. The molecule has 1 saturated heterocycles. The van der Waals surface area contributed by atoms with E-state index in [4.69, 9.17) is 4.74 Å². The highest BCUT2D eigenvalue weighted by molar-refractivity contribution is 5.86. The summed E-state index contributed by atoms with van der Waals surface area (Å²) < 4.78 is 5.64. The van der Waals surface area contributed by atoms with E-state index in [1.807, 2.05) is 44.2 Å². The molecule has 132 valence electrons. The fourth-order valence-electron chi connectivity index (χ4n) is 3.11. The van der Waals surface area contributed by atoms with E-state index in [0.29, 0.717) is 6.54 Å². The SMILES string of the molecule is CC(C)N1C(=O)CO[C@H](C(=O)NCc2ccn[nH]2)[C@H]1c1ccccc1. The summed E-state index contributed by atoms with van der Waals surface area (Å²) in [6.07, 6.45) is 0.871. The van der Waals surface area contributed by atoms with Gasteiger partial charge in [-0.05, 0) is 25.5 Å². The molecule has 3 rings (SSSR count). The zero-order valence-electron chi connectivity index (χ0n) is 14.3. The molecule has 1 aromatic carbocycles. The predicted molar refractivity (Wildman–Crippen MR) is 91.3 cm³/mol. The van der Waals surface area contributed by atoms with Crippen molar-refractivity contribution in [3.8, 4) is 0 Å². The van der Waals surface area contributed by atoms with Gasteiger partial charge in [0.2, 0.25) is 5.91 Å². The number of carbonyl (C=O) groups is 2. The van der Waals surface area contributed by atoms with Crippen LogP contribution in [0.4, 0.5) is 0 Å². The van der Waals surface area contributed by atoms with Crippen molar-refractivity contribution in [2.75, 3.05) is 6.61 Å². The van der Waals surface area contributed by atoms with Crippen LogP contribution in [-0.4, -0.2) is 45.7 Å². The van der Waals surface area contributed by atoms with Gasteiger partial charge in [-0.25, -0.2) is 0 Å². The standard InChI is InChI=1S/C18H22N4O3/c1-12(2)22-15(23)11-25-17(16(22)13-6-4-3-5-7-13)18(24)19-10-14-8-9-20-21-14/h3-9,12,16-17H,10-11H2,1-2H3,(H,19,24)(H,20,21)/t16-,17+/m1/s1. The average Bonchev–Trinajstić information content (AvgIpc) is 3.13. The highest BCUT2D eigenvalue weighted by atomic mass is 16.5. The number of hydrogen-bond acceptors (Lipinski definition) is 4. The van der Waals surface area contributed by atoms with Gasteiger partial charge in [-0.3, -0.25) is 14.7 Å². The molecule has 0 unspecified atom stereocenters. The summed E-state index contributed by atoms with van der Waals surface area (Å²) in [5.41, 5.74) is 1.68. The minimum atomic E-state index is -0.759. The van der Waals surface area contributed by atoms with Crippen molar-refractivity contribution in [3.63, 3.8) is 0 Å². The number of aromatic amines is 1. The largest absolute Gasteiger partial charge is 0.356 e. The van der Waals surface area contributed by atoms with Crippen molar-refractivity contribution in [2.24, 2.45) is 0 Å². The zero-order valence-corrected chi connectivity index (χ0v) is 14.3. The first-order valence-electron chi connectivity index (χ1n) is 8.31. The lowest BCUT2D eigenvalue weighted by molar-refractivity contribution is -0.167. The van der Waals surface area contributed by atoms with Crippen LogP contribution in [0.15, 0.2) is 42.6 Å². The number of carbonyl (C=O) groups excluding carboxylic acids is 2. The van der Waals surface area contributed by atoms with Crippen LogP contribution in [0.1, 0.15) is 31.1 Å². The van der Waals surface area contributed by atoms with Crippen LogP contribution in [0.25, 0.3) is 0 Å². The molecule has 25 heavy (non-hydrogen) atoms. The third-order valence-corrected chi connectivity index (χ3v) is 4.23.